The lowest BCUT2D eigenvalue weighted by Gasteiger charge is -2.24. The van der Waals surface area contributed by atoms with Crippen LogP contribution in [0.4, 0.5) is 0 Å². The lowest BCUT2D eigenvalue weighted by molar-refractivity contribution is 0.267. The van der Waals surface area contributed by atoms with E-state index in [2.05, 4.69) is 39.4 Å². The van der Waals surface area contributed by atoms with Gasteiger partial charge in [-0.3, -0.25) is 9.89 Å². The molecule has 0 aromatic carbocycles. The van der Waals surface area contributed by atoms with E-state index in [0.29, 0.717) is 25.1 Å². The molecule has 0 bridgehead atoms. The number of nitrogens with one attached hydrogen (secondary N) is 2. The largest absolute Gasteiger partial charge is 0.478 e. The molecule has 2 rings (SSSR count). The van der Waals surface area contributed by atoms with E-state index >= 15 is 0 Å². The number of ether oxygens (including phenoxy) is 1. The highest BCUT2D eigenvalue weighted by Crippen LogP contribution is 2.15. The number of aromatic nitrogens is 1. The lowest BCUT2D eigenvalue weighted by Crippen LogP contribution is -2.44. The van der Waals surface area contributed by atoms with Crippen LogP contribution in [0.1, 0.15) is 38.7 Å². The molecule has 0 aliphatic carbocycles. The number of rotatable bonds is 8. The molecule has 0 spiro atoms. The summed E-state index contributed by atoms with van der Waals surface area (Å²) in [5.74, 6) is 1.52. The van der Waals surface area contributed by atoms with Gasteiger partial charge in [0.05, 0.1) is 6.61 Å². The van der Waals surface area contributed by atoms with Crippen LogP contribution in [0.2, 0.25) is 0 Å². The maximum atomic E-state index is 5.50. The predicted octanol–water partition coefficient (Wildman–Crippen LogP) is 2.64. The van der Waals surface area contributed by atoms with Gasteiger partial charge in [-0.15, -0.1) is 24.0 Å². The molecule has 6 nitrogen and oxygen atoms in total. The fourth-order valence-corrected chi connectivity index (χ4v) is 2.97. The van der Waals surface area contributed by atoms with Crippen molar-refractivity contribution in [1.82, 2.24) is 20.5 Å². The van der Waals surface area contributed by atoms with Crippen molar-refractivity contribution in [3.63, 3.8) is 0 Å². The van der Waals surface area contributed by atoms with Crippen molar-refractivity contribution in [2.45, 2.75) is 45.7 Å². The van der Waals surface area contributed by atoms with Gasteiger partial charge in [0.25, 0.3) is 0 Å². The van der Waals surface area contributed by atoms with E-state index in [9.17, 15) is 0 Å². The Balaban J connectivity index is 0.00000312. The van der Waals surface area contributed by atoms with Gasteiger partial charge in [0.15, 0.2) is 5.96 Å². The molecule has 1 atom stereocenters. The van der Waals surface area contributed by atoms with Gasteiger partial charge in [0.2, 0.25) is 5.88 Å². The molecule has 1 saturated heterocycles. The lowest BCUT2D eigenvalue weighted by atomic mass is 10.2. The minimum atomic E-state index is 0. The summed E-state index contributed by atoms with van der Waals surface area (Å²) in [6.07, 6.45) is 5.40. The normalized spacial score (nSPS) is 17.9. The number of aliphatic imine (C=N–C) groups is 1. The summed E-state index contributed by atoms with van der Waals surface area (Å²) in [4.78, 5) is 11.2. The van der Waals surface area contributed by atoms with Crippen LogP contribution in [-0.2, 0) is 6.54 Å². The van der Waals surface area contributed by atoms with Crippen LogP contribution in [0.25, 0.3) is 0 Å². The smallest absolute Gasteiger partial charge is 0.213 e. The second-order valence-electron chi connectivity index (χ2n) is 6.08. The number of hydrogen-bond donors (Lipinski definition) is 2. The van der Waals surface area contributed by atoms with Crippen molar-refractivity contribution in [3.05, 3.63) is 23.9 Å². The Hall–Kier alpha value is -1.09. The summed E-state index contributed by atoms with van der Waals surface area (Å²) in [5.41, 5.74) is 1.11. The Morgan fingerprint density at radius 2 is 2.20 bits per heavy atom. The minimum Gasteiger partial charge on any atom is -0.478 e. The van der Waals surface area contributed by atoms with Crippen LogP contribution in [0.15, 0.2) is 23.3 Å². The van der Waals surface area contributed by atoms with E-state index in [1.165, 1.54) is 19.4 Å². The van der Waals surface area contributed by atoms with Gasteiger partial charge >= 0.3 is 0 Å². The number of guanidine groups is 1. The van der Waals surface area contributed by atoms with Crippen LogP contribution in [-0.4, -0.2) is 55.2 Å². The topological polar surface area (TPSA) is 61.8 Å². The third kappa shape index (κ3) is 7.35. The molecular formula is C18H32IN5O. The third-order valence-corrected chi connectivity index (χ3v) is 4.35. The van der Waals surface area contributed by atoms with Gasteiger partial charge in [-0.2, -0.15) is 0 Å². The summed E-state index contributed by atoms with van der Waals surface area (Å²) >= 11 is 0. The van der Waals surface area contributed by atoms with Gasteiger partial charge in [0, 0.05) is 38.4 Å². The molecule has 0 amide bonds. The number of pyridine rings is 1. The third-order valence-electron chi connectivity index (χ3n) is 4.35. The molecule has 2 N–H and O–H groups in total. The van der Waals surface area contributed by atoms with Gasteiger partial charge < -0.3 is 15.4 Å². The summed E-state index contributed by atoms with van der Waals surface area (Å²) in [5, 5.41) is 6.78. The zero-order valence-corrected chi connectivity index (χ0v) is 18.0. The highest BCUT2D eigenvalue weighted by Gasteiger charge is 2.22. The Bertz CT molecular complexity index is 509. The Morgan fingerprint density at radius 1 is 1.36 bits per heavy atom. The quantitative estimate of drug-likeness (QED) is 0.354. The van der Waals surface area contributed by atoms with E-state index in [1.54, 1.807) is 0 Å². The summed E-state index contributed by atoms with van der Waals surface area (Å²) < 4.78 is 5.50. The number of likely N-dealkylation sites (tertiary alicyclic amines) is 1. The minimum absolute atomic E-state index is 0. The zero-order chi connectivity index (χ0) is 17.2. The molecule has 7 heteroatoms. The van der Waals surface area contributed by atoms with E-state index in [0.717, 1.165) is 31.0 Å². The number of halogens is 1. The van der Waals surface area contributed by atoms with Crippen LogP contribution in [0, 0.1) is 0 Å². The van der Waals surface area contributed by atoms with Gasteiger partial charge in [-0.05, 0) is 37.9 Å². The predicted molar refractivity (Wildman–Crippen MR) is 114 cm³/mol. The Kier molecular flexibility index (Phi) is 10.8. The van der Waals surface area contributed by atoms with Gasteiger partial charge in [0.1, 0.15) is 0 Å². The first-order chi connectivity index (χ1) is 11.8. The number of nitrogens with zero attached hydrogens (tertiary/aromatic N) is 3. The number of likely N-dealkylation sites (N-methyl/N-ethyl adjacent to an activating group) is 1. The molecule has 1 aromatic heterocycles. The van der Waals surface area contributed by atoms with Crippen LogP contribution in [0.3, 0.4) is 0 Å². The van der Waals surface area contributed by atoms with Crippen molar-refractivity contribution < 1.29 is 4.74 Å². The average molecular weight is 461 g/mol. The summed E-state index contributed by atoms with van der Waals surface area (Å²) in [7, 11) is 1.81. The summed E-state index contributed by atoms with van der Waals surface area (Å²) in [6.45, 7) is 8.99. The highest BCUT2D eigenvalue weighted by molar-refractivity contribution is 14.0. The first-order valence-electron chi connectivity index (χ1n) is 9.03. The Labute approximate surface area is 168 Å². The second kappa shape index (κ2) is 12.3. The highest BCUT2D eigenvalue weighted by atomic mass is 127. The van der Waals surface area contributed by atoms with Crippen LogP contribution >= 0.6 is 24.0 Å². The second-order valence-corrected chi connectivity index (χ2v) is 6.08. The molecule has 1 unspecified atom stereocenters. The van der Waals surface area contributed by atoms with Crippen molar-refractivity contribution in [1.29, 1.82) is 0 Å². The molecule has 0 radical (unpaired) electrons. The fourth-order valence-electron chi connectivity index (χ4n) is 2.97. The van der Waals surface area contributed by atoms with E-state index in [-0.39, 0.29) is 24.0 Å². The molecule has 1 aromatic rings. The first kappa shape index (κ1) is 22.0. The van der Waals surface area contributed by atoms with Crippen molar-refractivity contribution >= 4 is 29.9 Å². The molecule has 0 saturated carbocycles. The molecule has 2 heterocycles. The van der Waals surface area contributed by atoms with Crippen molar-refractivity contribution in [2.75, 3.05) is 33.3 Å². The molecule has 142 valence electrons. The van der Waals surface area contributed by atoms with E-state index in [1.807, 2.05) is 25.4 Å². The molecule has 1 aliphatic heterocycles. The SMILES string of the molecule is CCCOc1ccc(CNC(=NC)NCC2CCCN2CC)cn1.I. The van der Waals surface area contributed by atoms with E-state index in [4.69, 9.17) is 4.74 Å². The maximum absolute atomic E-state index is 5.50. The first-order valence-corrected chi connectivity index (χ1v) is 9.03. The average Bonchev–Trinajstić information content (AvgIpc) is 3.08. The monoisotopic (exact) mass is 461 g/mol. The summed E-state index contributed by atoms with van der Waals surface area (Å²) in [6, 6.07) is 4.57. The van der Waals surface area contributed by atoms with Gasteiger partial charge in [-0.1, -0.05) is 19.9 Å². The zero-order valence-electron chi connectivity index (χ0n) is 15.6. The molecule has 25 heavy (non-hydrogen) atoms. The van der Waals surface area contributed by atoms with Crippen molar-refractivity contribution in [3.8, 4) is 5.88 Å². The maximum Gasteiger partial charge on any atom is 0.213 e. The van der Waals surface area contributed by atoms with E-state index < -0.39 is 0 Å². The standard InChI is InChI=1S/C18H31N5O.HI/c1-4-11-24-17-9-8-15(12-20-17)13-21-18(19-3)22-14-16-7-6-10-23(16)5-2;/h8-9,12,16H,4-7,10-11,13-14H2,1-3H3,(H2,19,21,22);1H. The van der Waals surface area contributed by atoms with Gasteiger partial charge in [-0.25, -0.2) is 4.98 Å². The van der Waals surface area contributed by atoms with Crippen LogP contribution < -0.4 is 15.4 Å². The van der Waals surface area contributed by atoms with Crippen molar-refractivity contribution in [2.24, 2.45) is 4.99 Å². The molecule has 1 aliphatic rings. The molecule has 1 fully saturated rings. The Morgan fingerprint density at radius 3 is 2.84 bits per heavy atom. The number of hydrogen-bond acceptors (Lipinski definition) is 4. The fraction of sp³-hybridized carbons (Fsp3) is 0.667. The van der Waals surface area contributed by atoms with Crippen LogP contribution in [0.5, 0.6) is 5.88 Å². The molecular weight excluding hydrogens is 429 g/mol.